The Morgan fingerprint density at radius 1 is 1.21 bits per heavy atom. The van der Waals surface area contributed by atoms with Crippen LogP contribution in [0.2, 0.25) is 5.02 Å². The van der Waals surface area contributed by atoms with Crippen LogP contribution in [-0.4, -0.2) is 26.7 Å². The molecule has 0 aliphatic carbocycles. The maximum Gasteiger partial charge on any atom is 0.271 e. The molecule has 33 heavy (non-hydrogen) atoms. The molecule has 0 saturated heterocycles. The maximum absolute atomic E-state index is 13.0. The largest absolute Gasteiger partial charge is 0.326 e. The fourth-order valence-electron chi connectivity index (χ4n) is 3.40. The number of carbonyl (C=O) groups is 2. The molecular formula is C21H17ClN6O5. The molecule has 1 aliphatic heterocycles. The van der Waals surface area contributed by atoms with E-state index >= 15 is 0 Å². The minimum Gasteiger partial charge on any atom is -0.326 e. The lowest BCUT2D eigenvalue weighted by Crippen LogP contribution is -2.36. The van der Waals surface area contributed by atoms with Crippen molar-refractivity contribution in [3.05, 3.63) is 79.1 Å². The molecule has 1 atom stereocenters. The molecule has 0 spiro atoms. The number of hydrogen-bond donors (Lipinski definition) is 4. The number of aromatic nitrogens is 2. The molecular weight excluding hydrogens is 452 g/mol. The van der Waals surface area contributed by atoms with Crippen molar-refractivity contribution in [1.82, 2.24) is 9.97 Å². The maximum atomic E-state index is 13.0. The summed E-state index contributed by atoms with van der Waals surface area (Å²) >= 11 is 5.87. The van der Waals surface area contributed by atoms with Crippen molar-refractivity contribution >= 4 is 52.2 Å². The average Bonchev–Trinajstić information content (AvgIpc) is 2.75. The predicted octanol–water partition coefficient (Wildman–Crippen LogP) is 3.45. The molecule has 2 heterocycles. The zero-order chi connectivity index (χ0) is 23.7. The summed E-state index contributed by atoms with van der Waals surface area (Å²) in [5, 5.41) is 19.6. The van der Waals surface area contributed by atoms with E-state index in [4.69, 9.17) is 11.6 Å². The SMILES string of the molecule is Cc1ccc([N+](=O)[O-])cc1NC(=O)[C@@H]1CC(=O)Nc2nc(Nc3ccc(Cl)cc3)[nH]c(=O)c21. The number of nitrogens with one attached hydrogen (secondary N) is 4. The summed E-state index contributed by atoms with van der Waals surface area (Å²) in [5.41, 5.74) is 0.593. The van der Waals surface area contributed by atoms with Crippen LogP contribution in [0.5, 0.6) is 0 Å². The molecule has 0 unspecified atom stereocenters. The van der Waals surface area contributed by atoms with Gasteiger partial charge in [0.15, 0.2) is 0 Å². The van der Waals surface area contributed by atoms with Crippen LogP contribution in [-0.2, 0) is 9.59 Å². The quantitative estimate of drug-likeness (QED) is 0.329. The molecule has 0 fully saturated rings. The number of non-ortho nitro benzene ring substituents is 1. The van der Waals surface area contributed by atoms with E-state index in [1.54, 1.807) is 31.2 Å². The van der Waals surface area contributed by atoms with Crippen LogP contribution >= 0.6 is 11.6 Å². The average molecular weight is 469 g/mol. The Balaban J connectivity index is 1.64. The van der Waals surface area contributed by atoms with E-state index < -0.39 is 28.2 Å². The number of halogens is 1. The molecule has 11 nitrogen and oxygen atoms in total. The number of benzene rings is 2. The standard InChI is InChI=1S/C21H17ClN6O5/c1-10-2-7-13(28(32)33)8-15(10)24-19(30)14-9-16(29)25-18-17(14)20(31)27-21(26-18)23-12-5-3-11(22)4-6-12/h2-8,14H,9H2,1H3,(H,24,30)(H3,23,25,26,27,29,31)/t14-/m1/s1. The van der Waals surface area contributed by atoms with E-state index in [2.05, 4.69) is 25.9 Å². The van der Waals surface area contributed by atoms with Crippen LogP contribution < -0.4 is 21.5 Å². The smallest absolute Gasteiger partial charge is 0.271 e. The molecule has 2 aromatic carbocycles. The highest BCUT2D eigenvalue weighted by atomic mass is 35.5. The molecule has 2 amide bonds. The van der Waals surface area contributed by atoms with Crippen LogP contribution in [0.15, 0.2) is 47.3 Å². The molecule has 12 heteroatoms. The van der Waals surface area contributed by atoms with E-state index in [0.29, 0.717) is 16.3 Å². The second-order valence-corrected chi connectivity index (χ2v) is 7.80. The van der Waals surface area contributed by atoms with Gasteiger partial charge in [-0.2, -0.15) is 4.98 Å². The van der Waals surface area contributed by atoms with E-state index in [9.17, 15) is 24.5 Å². The molecule has 0 saturated carbocycles. The molecule has 4 N–H and O–H groups in total. The van der Waals surface area contributed by atoms with Crippen molar-refractivity contribution in [3.8, 4) is 0 Å². The van der Waals surface area contributed by atoms with Gasteiger partial charge in [-0.05, 0) is 36.8 Å². The van der Waals surface area contributed by atoms with Crippen molar-refractivity contribution in [1.29, 1.82) is 0 Å². The number of amides is 2. The van der Waals surface area contributed by atoms with Crippen molar-refractivity contribution in [2.45, 2.75) is 19.3 Å². The first-order valence-electron chi connectivity index (χ1n) is 9.74. The molecule has 168 valence electrons. The van der Waals surface area contributed by atoms with Gasteiger partial charge in [-0.25, -0.2) is 0 Å². The van der Waals surface area contributed by atoms with Crippen LogP contribution in [0.4, 0.5) is 28.8 Å². The minimum absolute atomic E-state index is 0.00293. The number of carbonyl (C=O) groups excluding carboxylic acids is 2. The number of aryl methyl sites for hydroxylation is 1. The summed E-state index contributed by atoms with van der Waals surface area (Å²) in [6.45, 7) is 1.67. The Kier molecular flexibility index (Phi) is 5.80. The minimum atomic E-state index is -1.13. The summed E-state index contributed by atoms with van der Waals surface area (Å²) in [6, 6.07) is 10.7. The zero-order valence-electron chi connectivity index (χ0n) is 17.1. The number of aromatic amines is 1. The highest BCUT2D eigenvalue weighted by Crippen LogP contribution is 2.31. The van der Waals surface area contributed by atoms with Gasteiger partial charge in [-0.3, -0.25) is 29.5 Å². The first-order valence-corrected chi connectivity index (χ1v) is 10.1. The lowest BCUT2D eigenvalue weighted by molar-refractivity contribution is -0.384. The predicted molar refractivity (Wildman–Crippen MR) is 122 cm³/mol. The molecule has 3 aromatic rings. The van der Waals surface area contributed by atoms with Crippen LogP contribution in [0.3, 0.4) is 0 Å². The Morgan fingerprint density at radius 2 is 1.94 bits per heavy atom. The van der Waals surface area contributed by atoms with Crippen molar-refractivity contribution in [2.24, 2.45) is 0 Å². The topological polar surface area (TPSA) is 159 Å². The van der Waals surface area contributed by atoms with Gasteiger partial charge in [0.05, 0.1) is 22.1 Å². The van der Waals surface area contributed by atoms with Gasteiger partial charge < -0.3 is 16.0 Å². The lowest BCUT2D eigenvalue weighted by atomic mass is 9.92. The fraction of sp³-hybridized carbons (Fsp3) is 0.143. The van der Waals surface area contributed by atoms with Crippen LogP contribution in [0.25, 0.3) is 0 Å². The number of H-pyrrole nitrogens is 1. The van der Waals surface area contributed by atoms with E-state index in [1.807, 2.05) is 0 Å². The number of nitro groups is 1. The van der Waals surface area contributed by atoms with Crippen LogP contribution in [0, 0.1) is 17.0 Å². The highest BCUT2D eigenvalue weighted by Gasteiger charge is 2.35. The third kappa shape index (κ3) is 4.67. The Hall–Kier alpha value is -4.25. The Bertz CT molecular complexity index is 1340. The molecule has 0 radical (unpaired) electrons. The Morgan fingerprint density at radius 3 is 2.64 bits per heavy atom. The van der Waals surface area contributed by atoms with Gasteiger partial charge in [0.2, 0.25) is 17.8 Å². The molecule has 1 aliphatic rings. The van der Waals surface area contributed by atoms with Crippen molar-refractivity contribution in [3.63, 3.8) is 0 Å². The van der Waals surface area contributed by atoms with Gasteiger partial charge in [0.1, 0.15) is 5.82 Å². The number of anilines is 4. The summed E-state index contributed by atoms with van der Waals surface area (Å²) in [6.07, 6.45) is -0.276. The monoisotopic (exact) mass is 468 g/mol. The Labute approximate surface area is 191 Å². The number of nitrogens with zero attached hydrogens (tertiary/aromatic N) is 2. The second kappa shape index (κ2) is 8.71. The summed E-state index contributed by atoms with van der Waals surface area (Å²) in [4.78, 5) is 55.4. The third-order valence-electron chi connectivity index (χ3n) is 5.06. The summed E-state index contributed by atoms with van der Waals surface area (Å²) < 4.78 is 0. The molecule has 0 bridgehead atoms. The van der Waals surface area contributed by atoms with Gasteiger partial charge in [0, 0.05) is 29.3 Å². The van der Waals surface area contributed by atoms with Crippen LogP contribution in [0.1, 0.15) is 23.5 Å². The van der Waals surface area contributed by atoms with Crippen molar-refractivity contribution in [2.75, 3.05) is 16.0 Å². The van der Waals surface area contributed by atoms with E-state index in [1.165, 1.54) is 18.2 Å². The fourth-order valence-corrected chi connectivity index (χ4v) is 3.53. The molecule has 4 rings (SSSR count). The first kappa shape index (κ1) is 22.0. The number of nitro benzene ring substituents is 1. The zero-order valence-corrected chi connectivity index (χ0v) is 17.9. The first-order chi connectivity index (χ1) is 15.7. The van der Waals surface area contributed by atoms with E-state index in [-0.39, 0.29) is 35.1 Å². The van der Waals surface area contributed by atoms with E-state index in [0.717, 1.165) is 0 Å². The van der Waals surface area contributed by atoms with Gasteiger partial charge >= 0.3 is 0 Å². The normalized spacial score (nSPS) is 14.7. The second-order valence-electron chi connectivity index (χ2n) is 7.36. The highest BCUT2D eigenvalue weighted by molar-refractivity contribution is 6.30. The van der Waals surface area contributed by atoms with Gasteiger partial charge in [-0.15, -0.1) is 0 Å². The number of fused-ring (bicyclic) bond motifs is 1. The van der Waals surface area contributed by atoms with Gasteiger partial charge in [0.25, 0.3) is 11.2 Å². The third-order valence-corrected chi connectivity index (χ3v) is 5.32. The number of rotatable bonds is 5. The van der Waals surface area contributed by atoms with Gasteiger partial charge in [-0.1, -0.05) is 17.7 Å². The lowest BCUT2D eigenvalue weighted by Gasteiger charge is -2.24. The molecule has 1 aromatic heterocycles. The summed E-state index contributed by atoms with van der Waals surface area (Å²) in [7, 11) is 0. The summed E-state index contributed by atoms with van der Waals surface area (Å²) in [5.74, 6) is -2.25. The van der Waals surface area contributed by atoms with Crippen molar-refractivity contribution < 1.29 is 14.5 Å². The number of hydrogen-bond acceptors (Lipinski definition) is 7.